The summed E-state index contributed by atoms with van der Waals surface area (Å²) in [6.07, 6.45) is 4.61. The van der Waals surface area contributed by atoms with Gasteiger partial charge in [-0.1, -0.05) is 17.7 Å². The van der Waals surface area contributed by atoms with Crippen molar-refractivity contribution >= 4 is 11.8 Å². The number of hydrogen-bond donors (Lipinski definition) is 0. The first-order valence-corrected chi connectivity index (χ1v) is 8.72. The third-order valence-corrected chi connectivity index (χ3v) is 5.36. The van der Waals surface area contributed by atoms with Gasteiger partial charge in [0.15, 0.2) is 0 Å². The van der Waals surface area contributed by atoms with Gasteiger partial charge in [-0.15, -0.1) is 0 Å². The topological polar surface area (TPSA) is 40.6 Å². The Labute approximate surface area is 138 Å². The van der Waals surface area contributed by atoms with Crippen LogP contribution in [0.2, 0.25) is 0 Å². The van der Waals surface area contributed by atoms with Crippen molar-refractivity contribution < 1.29 is 9.59 Å². The van der Waals surface area contributed by atoms with E-state index in [1.165, 1.54) is 0 Å². The Morgan fingerprint density at radius 3 is 2.57 bits per heavy atom. The molecule has 4 nitrogen and oxygen atoms in total. The maximum atomic E-state index is 12.8. The van der Waals surface area contributed by atoms with E-state index in [0.717, 1.165) is 49.9 Å². The quantitative estimate of drug-likeness (QED) is 0.842. The van der Waals surface area contributed by atoms with Gasteiger partial charge in [-0.05, 0) is 51.7 Å². The molecule has 2 aliphatic rings. The van der Waals surface area contributed by atoms with Crippen LogP contribution in [0.1, 0.15) is 54.9 Å². The molecule has 1 aromatic rings. The molecule has 124 valence electrons. The van der Waals surface area contributed by atoms with Gasteiger partial charge in [0.05, 0.1) is 5.54 Å². The molecule has 1 atom stereocenters. The fourth-order valence-corrected chi connectivity index (χ4v) is 4.20. The summed E-state index contributed by atoms with van der Waals surface area (Å²) in [6.45, 7) is 6.29. The van der Waals surface area contributed by atoms with Crippen molar-refractivity contribution in [2.75, 3.05) is 19.6 Å². The van der Waals surface area contributed by atoms with Gasteiger partial charge in [-0.3, -0.25) is 9.59 Å². The number of rotatable bonds is 2. The Balaban J connectivity index is 1.81. The fraction of sp³-hybridized carbons (Fsp3) is 0.579. The van der Waals surface area contributed by atoms with Crippen LogP contribution in [0.4, 0.5) is 0 Å². The van der Waals surface area contributed by atoms with E-state index < -0.39 is 0 Å². The minimum absolute atomic E-state index is 0.0955. The van der Waals surface area contributed by atoms with Crippen LogP contribution in [0.3, 0.4) is 0 Å². The number of piperidine rings is 2. The molecule has 4 heteroatoms. The van der Waals surface area contributed by atoms with Crippen molar-refractivity contribution in [1.82, 2.24) is 9.80 Å². The van der Waals surface area contributed by atoms with Crippen molar-refractivity contribution in [2.24, 2.45) is 0 Å². The molecule has 1 spiro atoms. The summed E-state index contributed by atoms with van der Waals surface area (Å²) in [5.41, 5.74) is 1.77. The largest absolute Gasteiger partial charge is 0.336 e. The smallest absolute Gasteiger partial charge is 0.253 e. The third-order valence-electron chi connectivity index (χ3n) is 5.36. The first kappa shape index (κ1) is 16.0. The maximum Gasteiger partial charge on any atom is 0.253 e. The van der Waals surface area contributed by atoms with Crippen LogP contribution in [0.15, 0.2) is 24.3 Å². The van der Waals surface area contributed by atoms with Gasteiger partial charge in [0.25, 0.3) is 5.91 Å². The summed E-state index contributed by atoms with van der Waals surface area (Å²) in [5, 5.41) is 0. The van der Waals surface area contributed by atoms with Gasteiger partial charge in [0.2, 0.25) is 5.91 Å². The predicted octanol–water partition coefficient (Wildman–Crippen LogP) is 3.00. The third kappa shape index (κ3) is 2.99. The number of benzene rings is 1. The van der Waals surface area contributed by atoms with Gasteiger partial charge >= 0.3 is 0 Å². The highest BCUT2D eigenvalue weighted by molar-refractivity contribution is 5.94. The molecule has 1 aromatic carbocycles. The zero-order chi connectivity index (χ0) is 16.4. The Morgan fingerprint density at radius 2 is 1.87 bits per heavy atom. The molecular weight excluding hydrogens is 288 g/mol. The normalized spacial score (nSPS) is 25.0. The lowest BCUT2D eigenvalue weighted by Crippen LogP contribution is -2.63. The Kier molecular flexibility index (Phi) is 4.42. The minimum Gasteiger partial charge on any atom is -0.336 e. The molecule has 2 fully saturated rings. The molecular formula is C19H26N2O2. The number of amides is 2. The molecule has 0 bridgehead atoms. The van der Waals surface area contributed by atoms with E-state index >= 15 is 0 Å². The maximum absolute atomic E-state index is 12.8. The summed E-state index contributed by atoms with van der Waals surface area (Å²) >= 11 is 0. The summed E-state index contributed by atoms with van der Waals surface area (Å²) in [5.74, 6) is 0.349. The molecule has 23 heavy (non-hydrogen) atoms. The molecule has 3 rings (SSSR count). The molecule has 0 radical (unpaired) electrons. The van der Waals surface area contributed by atoms with E-state index in [2.05, 4.69) is 0 Å². The fourth-order valence-electron chi connectivity index (χ4n) is 4.20. The van der Waals surface area contributed by atoms with Crippen LogP contribution < -0.4 is 0 Å². The molecule has 2 saturated heterocycles. The Hall–Kier alpha value is -1.84. The lowest BCUT2D eigenvalue weighted by atomic mass is 9.79. The van der Waals surface area contributed by atoms with Gasteiger partial charge in [0.1, 0.15) is 0 Å². The Morgan fingerprint density at radius 1 is 1.17 bits per heavy atom. The van der Waals surface area contributed by atoms with Crippen LogP contribution in [0, 0.1) is 6.92 Å². The molecule has 0 aliphatic carbocycles. The highest BCUT2D eigenvalue weighted by Crippen LogP contribution is 2.36. The molecule has 0 aromatic heterocycles. The van der Waals surface area contributed by atoms with Crippen molar-refractivity contribution in [3.8, 4) is 0 Å². The number of likely N-dealkylation sites (N-methyl/N-ethyl adjacent to an activating group) is 1. The lowest BCUT2D eigenvalue weighted by molar-refractivity contribution is -0.144. The second-order valence-electron chi connectivity index (χ2n) is 6.91. The molecule has 1 unspecified atom stereocenters. The highest BCUT2D eigenvalue weighted by atomic mass is 16.2. The van der Waals surface area contributed by atoms with Gasteiger partial charge < -0.3 is 9.80 Å². The second kappa shape index (κ2) is 6.34. The molecule has 2 aliphatic heterocycles. The van der Waals surface area contributed by atoms with Crippen molar-refractivity contribution in [2.45, 2.75) is 51.5 Å². The standard InChI is InChI=1S/C19H26N2O2/c1-3-21-17(22)6-4-11-19(21)12-5-13-20(14-19)18(23)16-9-7-15(2)8-10-16/h7-10H,3-6,11-14H2,1-2H3. The van der Waals surface area contributed by atoms with Crippen LogP contribution in [0.25, 0.3) is 0 Å². The summed E-state index contributed by atoms with van der Waals surface area (Å²) in [6, 6.07) is 7.77. The number of hydrogen-bond acceptors (Lipinski definition) is 2. The number of likely N-dealkylation sites (tertiary alicyclic amines) is 2. The van der Waals surface area contributed by atoms with E-state index in [-0.39, 0.29) is 17.4 Å². The van der Waals surface area contributed by atoms with E-state index in [1.807, 2.05) is 47.9 Å². The first-order chi connectivity index (χ1) is 11.1. The molecule has 2 amide bonds. The summed E-state index contributed by atoms with van der Waals surface area (Å²) < 4.78 is 0. The van der Waals surface area contributed by atoms with Crippen LogP contribution in [-0.2, 0) is 4.79 Å². The number of carbonyl (C=O) groups is 2. The highest BCUT2D eigenvalue weighted by Gasteiger charge is 2.45. The first-order valence-electron chi connectivity index (χ1n) is 8.72. The lowest BCUT2D eigenvalue weighted by Gasteiger charge is -2.52. The minimum atomic E-state index is -0.136. The van der Waals surface area contributed by atoms with Gasteiger partial charge in [-0.2, -0.15) is 0 Å². The van der Waals surface area contributed by atoms with Gasteiger partial charge in [0, 0.05) is 31.6 Å². The van der Waals surface area contributed by atoms with Crippen LogP contribution in [-0.4, -0.2) is 46.8 Å². The monoisotopic (exact) mass is 314 g/mol. The van der Waals surface area contributed by atoms with E-state index in [0.29, 0.717) is 13.0 Å². The SMILES string of the molecule is CCN1C(=O)CCCC12CCCN(C(=O)c1ccc(C)cc1)C2. The van der Waals surface area contributed by atoms with Crippen molar-refractivity contribution in [1.29, 1.82) is 0 Å². The van der Waals surface area contributed by atoms with Crippen molar-refractivity contribution in [3.63, 3.8) is 0 Å². The zero-order valence-corrected chi connectivity index (χ0v) is 14.2. The average Bonchev–Trinajstić information content (AvgIpc) is 2.55. The molecule has 2 heterocycles. The second-order valence-corrected chi connectivity index (χ2v) is 6.91. The van der Waals surface area contributed by atoms with Crippen molar-refractivity contribution in [3.05, 3.63) is 35.4 Å². The average molecular weight is 314 g/mol. The van der Waals surface area contributed by atoms with Gasteiger partial charge in [-0.25, -0.2) is 0 Å². The number of aryl methyl sites for hydroxylation is 1. The summed E-state index contributed by atoms with van der Waals surface area (Å²) in [7, 11) is 0. The zero-order valence-electron chi connectivity index (χ0n) is 14.2. The summed E-state index contributed by atoms with van der Waals surface area (Å²) in [4.78, 5) is 29.1. The van der Waals surface area contributed by atoms with Crippen LogP contribution in [0.5, 0.6) is 0 Å². The predicted molar refractivity (Wildman–Crippen MR) is 90.3 cm³/mol. The van der Waals surface area contributed by atoms with E-state index in [4.69, 9.17) is 0 Å². The van der Waals surface area contributed by atoms with E-state index in [9.17, 15) is 9.59 Å². The molecule has 0 saturated carbocycles. The number of carbonyl (C=O) groups excluding carboxylic acids is 2. The van der Waals surface area contributed by atoms with E-state index in [1.54, 1.807) is 0 Å². The van der Waals surface area contributed by atoms with Crippen LogP contribution >= 0.6 is 0 Å². The molecule has 0 N–H and O–H groups in total. The number of nitrogens with zero attached hydrogens (tertiary/aromatic N) is 2. The Bertz CT molecular complexity index is 592.